The summed E-state index contributed by atoms with van der Waals surface area (Å²) in [5.41, 5.74) is 3.02. The fraction of sp³-hybridized carbons (Fsp3) is 0.316. The average molecular weight is 294 g/mol. The SMILES string of the molecule is CN(C)c1cccc(C(=O)N(Cc2ccccc2)C2CC2)c1. The van der Waals surface area contributed by atoms with Gasteiger partial charge in [-0.05, 0) is 36.6 Å². The standard InChI is InChI=1S/C19H22N2O/c1-20(2)18-10-6-9-16(13-18)19(22)21(17-11-12-17)14-15-7-4-3-5-8-15/h3-10,13,17H,11-12,14H2,1-2H3. The lowest BCUT2D eigenvalue weighted by Crippen LogP contribution is -2.32. The number of amides is 1. The van der Waals surface area contributed by atoms with Crippen molar-refractivity contribution < 1.29 is 4.79 Å². The molecule has 0 bridgehead atoms. The van der Waals surface area contributed by atoms with Crippen LogP contribution in [0, 0.1) is 0 Å². The van der Waals surface area contributed by atoms with Gasteiger partial charge >= 0.3 is 0 Å². The maximum atomic E-state index is 12.9. The van der Waals surface area contributed by atoms with Crippen LogP contribution in [0.1, 0.15) is 28.8 Å². The van der Waals surface area contributed by atoms with Gasteiger partial charge in [0.1, 0.15) is 0 Å². The van der Waals surface area contributed by atoms with Crippen molar-refractivity contribution in [3.05, 3.63) is 65.7 Å². The molecule has 0 spiro atoms. The van der Waals surface area contributed by atoms with Gasteiger partial charge in [-0.25, -0.2) is 0 Å². The van der Waals surface area contributed by atoms with Gasteiger partial charge in [-0.3, -0.25) is 4.79 Å². The summed E-state index contributed by atoms with van der Waals surface area (Å²) in [5.74, 6) is 0.134. The summed E-state index contributed by atoms with van der Waals surface area (Å²) < 4.78 is 0. The molecule has 0 N–H and O–H groups in total. The Balaban J connectivity index is 1.82. The fourth-order valence-electron chi connectivity index (χ4n) is 2.62. The van der Waals surface area contributed by atoms with Crippen molar-refractivity contribution in [2.75, 3.05) is 19.0 Å². The molecule has 3 rings (SSSR count). The van der Waals surface area contributed by atoms with Gasteiger partial charge in [0.2, 0.25) is 0 Å². The van der Waals surface area contributed by atoms with E-state index in [4.69, 9.17) is 0 Å². The Hall–Kier alpha value is -2.29. The highest BCUT2D eigenvalue weighted by molar-refractivity contribution is 5.95. The van der Waals surface area contributed by atoms with Crippen molar-refractivity contribution in [2.24, 2.45) is 0 Å². The van der Waals surface area contributed by atoms with E-state index < -0.39 is 0 Å². The number of anilines is 1. The molecule has 1 aliphatic rings. The van der Waals surface area contributed by atoms with Crippen LogP contribution in [-0.4, -0.2) is 30.9 Å². The molecule has 1 amide bonds. The van der Waals surface area contributed by atoms with Crippen molar-refractivity contribution in [2.45, 2.75) is 25.4 Å². The van der Waals surface area contributed by atoms with Crippen LogP contribution in [0.25, 0.3) is 0 Å². The molecule has 3 nitrogen and oxygen atoms in total. The van der Waals surface area contributed by atoms with Crippen LogP contribution in [-0.2, 0) is 6.54 Å². The zero-order chi connectivity index (χ0) is 15.5. The number of nitrogens with zero attached hydrogens (tertiary/aromatic N) is 2. The predicted octanol–water partition coefficient (Wildman–Crippen LogP) is 3.56. The molecule has 0 atom stereocenters. The Morgan fingerprint density at radius 2 is 1.77 bits per heavy atom. The molecule has 2 aromatic rings. The molecule has 114 valence electrons. The highest BCUT2D eigenvalue weighted by atomic mass is 16.2. The zero-order valence-corrected chi connectivity index (χ0v) is 13.2. The van der Waals surface area contributed by atoms with E-state index in [2.05, 4.69) is 12.1 Å². The van der Waals surface area contributed by atoms with Crippen LogP contribution in [0.2, 0.25) is 0 Å². The minimum Gasteiger partial charge on any atom is -0.378 e. The normalized spacial score (nSPS) is 13.7. The van der Waals surface area contributed by atoms with Crippen molar-refractivity contribution in [3.63, 3.8) is 0 Å². The lowest BCUT2D eigenvalue weighted by molar-refractivity contribution is 0.0730. The van der Waals surface area contributed by atoms with Crippen LogP contribution in [0.15, 0.2) is 54.6 Å². The first kappa shape index (κ1) is 14.6. The summed E-state index contributed by atoms with van der Waals surface area (Å²) in [5, 5.41) is 0. The lowest BCUT2D eigenvalue weighted by Gasteiger charge is -2.23. The van der Waals surface area contributed by atoms with Crippen molar-refractivity contribution in [1.29, 1.82) is 0 Å². The number of benzene rings is 2. The average Bonchev–Trinajstić information content (AvgIpc) is 3.38. The molecule has 0 aromatic heterocycles. The largest absolute Gasteiger partial charge is 0.378 e. The number of carbonyl (C=O) groups is 1. The molecular formula is C19H22N2O. The Labute approximate surface area is 132 Å². The molecule has 1 aliphatic carbocycles. The summed E-state index contributed by atoms with van der Waals surface area (Å²) in [6.07, 6.45) is 2.23. The fourth-order valence-corrected chi connectivity index (χ4v) is 2.62. The second-order valence-corrected chi connectivity index (χ2v) is 6.09. The molecule has 0 aliphatic heterocycles. The summed E-state index contributed by atoms with van der Waals surface area (Å²) in [6.45, 7) is 0.691. The van der Waals surface area contributed by atoms with Crippen LogP contribution < -0.4 is 4.90 Å². The van der Waals surface area contributed by atoms with Crippen molar-refractivity contribution in [3.8, 4) is 0 Å². The number of rotatable bonds is 5. The van der Waals surface area contributed by atoms with Crippen molar-refractivity contribution >= 4 is 11.6 Å². The van der Waals surface area contributed by atoms with E-state index in [0.29, 0.717) is 12.6 Å². The molecule has 0 heterocycles. The van der Waals surface area contributed by atoms with E-state index >= 15 is 0 Å². The smallest absolute Gasteiger partial charge is 0.254 e. The van der Waals surface area contributed by atoms with E-state index in [-0.39, 0.29) is 5.91 Å². The Kier molecular flexibility index (Phi) is 4.14. The van der Waals surface area contributed by atoms with Gasteiger partial charge in [-0.15, -0.1) is 0 Å². The molecular weight excluding hydrogens is 272 g/mol. The van der Waals surface area contributed by atoms with Gasteiger partial charge in [0.15, 0.2) is 0 Å². The van der Waals surface area contributed by atoms with Gasteiger partial charge in [0, 0.05) is 37.9 Å². The quantitative estimate of drug-likeness (QED) is 0.842. The highest BCUT2D eigenvalue weighted by Crippen LogP contribution is 2.30. The number of hydrogen-bond donors (Lipinski definition) is 0. The van der Waals surface area contributed by atoms with E-state index in [1.54, 1.807) is 0 Å². The third kappa shape index (κ3) is 3.30. The maximum Gasteiger partial charge on any atom is 0.254 e. The second kappa shape index (κ2) is 6.22. The first-order valence-electron chi connectivity index (χ1n) is 7.77. The molecule has 3 heteroatoms. The Bertz CT molecular complexity index is 647. The topological polar surface area (TPSA) is 23.6 Å². The van der Waals surface area contributed by atoms with Crippen molar-refractivity contribution in [1.82, 2.24) is 4.90 Å². The first-order valence-corrected chi connectivity index (χ1v) is 7.77. The minimum absolute atomic E-state index is 0.134. The molecule has 0 unspecified atom stereocenters. The summed E-state index contributed by atoms with van der Waals surface area (Å²) in [7, 11) is 3.98. The lowest BCUT2D eigenvalue weighted by atomic mass is 10.1. The second-order valence-electron chi connectivity index (χ2n) is 6.09. The molecule has 0 saturated heterocycles. The minimum atomic E-state index is 0.134. The summed E-state index contributed by atoms with van der Waals surface area (Å²) in [4.78, 5) is 17.0. The van der Waals surface area contributed by atoms with Gasteiger partial charge < -0.3 is 9.80 Å². The van der Waals surface area contributed by atoms with Crippen LogP contribution in [0.3, 0.4) is 0 Å². The van der Waals surface area contributed by atoms with E-state index in [1.807, 2.05) is 66.4 Å². The van der Waals surface area contributed by atoms with Crippen LogP contribution in [0.5, 0.6) is 0 Å². The molecule has 22 heavy (non-hydrogen) atoms. The molecule has 2 aromatic carbocycles. The third-order valence-corrected chi connectivity index (χ3v) is 4.05. The highest BCUT2D eigenvalue weighted by Gasteiger charge is 2.33. The number of hydrogen-bond acceptors (Lipinski definition) is 2. The van der Waals surface area contributed by atoms with Gasteiger partial charge in [-0.1, -0.05) is 36.4 Å². The molecule has 1 fully saturated rings. The van der Waals surface area contributed by atoms with Gasteiger partial charge in [0.25, 0.3) is 5.91 Å². The number of carbonyl (C=O) groups excluding carboxylic acids is 1. The summed E-state index contributed by atoms with van der Waals surface area (Å²) >= 11 is 0. The molecule has 0 radical (unpaired) electrons. The van der Waals surface area contributed by atoms with Gasteiger partial charge in [-0.2, -0.15) is 0 Å². The Morgan fingerprint density at radius 1 is 1.05 bits per heavy atom. The first-order chi connectivity index (χ1) is 10.6. The predicted molar refractivity (Wildman–Crippen MR) is 90.1 cm³/mol. The zero-order valence-electron chi connectivity index (χ0n) is 13.2. The monoisotopic (exact) mass is 294 g/mol. The van der Waals surface area contributed by atoms with Crippen LogP contribution in [0.4, 0.5) is 5.69 Å². The summed E-state index contributed by atoms with van der Waals surface area (Å²) in [6, 6.07) is 18.5. The Morgan fingerprint density at radius 3 is 2.41 bits per heavy atom. The molecule has 1 saturated carbocycles. The van der Waals surface area contributed by atoms with E-state index in [9.17, 15) is 4.79 Å². The van der Waals surface area contributed by atoms with E-state index in [1.165, 1.54) is 5.56 Å². The third-order valence-electron chi connectivity index (χ3n) is 4.05. The van der Waals surface area contributed by atoms with Crippen LogP contribution >= 0.6 is 0 Å². The maximum absolute atomic E-state index is 12.9. The van der Waals surface area contributed by atoms with E-state index in [0.717, 1.165) is 24.1 Å². The van der Waals surface area contributed by atoms with Gasteiger partial charge in [0.05, 0.1) is 0 Å².